The molecule has 0 aromatic carbocycles. The minimum Gasteiger partial charge on any atom is -0.341 e. The van der Waals surface area contributed by atoms with Crippen LogP contribution in [0.15, 0.2) is 0 Å². The molecule has 0 bridgehead atoms. The highest BCUT2D eigenvalue weighted by Gasteiger charge is 2.21. The van der Waals surface area contributed by atoms with E-state index in [2.05, 4.69) is 26.1 Å². The molecule has 1 heterocycles. The molecule has 1 unspecified atom stereocenters. The van der Waals surface area contributed by atoms with Gasteiger partial charge in [0.2, 0.25) is 5.91 Å². The lowest BCUT2D eigenvalue weighted by Crippen LogP contribution is -2.41. The van der Waals surface area contributed by atoms with Gasteiger partial charge in [0, 0.05) is 25.6 Å². The summed E-state index contributed by atoms with van der Waals surface area (Å²) < 4.78 is 0. The van der Waals surface area contributed by atoms with Crippen molar-refractivity contribution in [3.8, 4) is 0 Å². The molecule has 0 aromatic rings. The Bertz CT molecular complexity index is 210. The molecule has 0 radical (unpaired) electrons. The van der Waals surface area contributed by atoms with Gasteiger partial charge in [-0.25, -0.2) is 0 Å². The predicted octanol–water partition coefficient (Wildman–Crippen LogP) is 2.02. The van der Waals surface area contributed by atoms with Crippen LogP contribution in [0.3, 0.4) is 0 Å². The number of nitrogens with zero attached hydrogens (tertiary/aromatic N) is 1. The third-order valence-electron chi connectivity index (χ3n) is 3.03. The second-order valence-corrected chi connectivity index (χ2v) is 5.23. The van der Waals surface area contributed by atoms with E-state index >= 15 is 0 Å². The maximum atomic E-state index is 12.0. The largest absolute Gasteiger partial charge is 0.341 e. The van der Waals surface area contributed by atoms with Crippen molar-refractivity contribution >= 4 is 5.91 Å². The fourth-order valence-corrected chi connectivity index (χ4v) is 2.24. The van der Waals surface area contributed by atoms with Crippen LogP contribution in [0.25, 0.3) is 0 Å². The van der Waals surface area contributed by atoms with Crippen LogP contribution in [0, 0.1) is 5.92 Å². The minimum absolute atomic E-state index is 0.325. The highest BCUT2D eigenvalue weighted by Crippen LogP contribution is 2.10. The normalized spacial score (nSPS) is 20.4. The van der Waals surface area contributed by atoms with Crippen molar-refractivity contribution in [1.82, 2.24) is 10.2 Å². The molecule has 94 valence electrons. The van der Waals surface area contributed by atoms with Gasteiger partial charge in [0.1, 0.15) is 0 Å². The van der Waals surface area contributed by atoms with Crippen LogP contribution in [-0.2, 0) is 4.79 Å². The molecular weight excluding hydrogens is 200 g/mol. The number of carbonyl (C=O) groups is 1. The zero-order valence-electron chi connectivity index (χ0n) is 11.0. The highest BCUT2D eigenvalue weighted by molar-refractivity contribution is 5.76. The summed E-state index contributed by atoms with van der Waals surface area (Å²) in [5.41, 5.74) is 0. The Hall–Kier alpha value is -0.570. The summed E-state index contributed by atoms with van der Waals surface area (Å²) in [6.07, 6.45) is 4.21. The van der Waals surface area contributed by atoms with Crippen molar-refractivity contribution in [2.45, 2.75) is 52.5 Å². The van der Waals surface area contributed by atoms with E-state index in [1.807, 2.05) is 4.90 Å². The Morgan fingerprint density at radius 2 is 2.25 bits per heavy atom. The summed E-state index contributed by atoms with van der Waals surface area (Å²) >= 11 is 0. The Kier molecular flexibility index (Phi) is 5.81. The molecular formula is C13H26N2O. The number of nitrogens with one attached hydrogen (secondary N) is 1. The summed E-state index contributed by atoms with van der Waals surface area (Å²) in [6, 6.07) is 0.530. The molecule has 1 amide bonds. The molecule has 1 rings (SSSR count). The summed E-state index contributed by atoms with van der Waals surface area (Å²) in [6.45, 7) is 9.27. The smallest absolute Gasteiger partial charge is 0.222 e. The lowest BCUT2D eigenvalue weighted by atomic mass is 10.1. The molecule has 3 heteroatoms. The third kappa shape index (κ3) is 4.52. The van der Waals surface area contributed by atoms with Crippen LogP contribution in [0.1, 0.15) is 46.5 Å². The molecule has 16 heavy (non-hydrogen) atoms. The number of hydrogen-bond donors (Lipinski definition) is 1. The Labute approximate surface area is 99.6 Å². The maximum absolute atomic E-state index is 12.0. The van der Waals surface area contributed by atoms with Gasteiger partial charge in [0.25, 0.3) is 0 Å². The second kappa shape index (κ2) is 6.89. The maximum Gasteiger partial charge on any atom is 0.222 e. The van der Waals surface area contributed by atoms with E-state index in [0.717, 1.165) is 26.1 Å². The van der Waals surface area contributed by atoms with Gasteiger partial charge in [-0.2, -0.15) is 0 Å². The van der Waals surface area contributed by atoms with Gasteiger partial charge in [-0.15, -0.1) is 0 Å². The molecule has 1 aliphatic heterocycles. The van der Waals surface area contributed by atoms with E-state index in [4.69, 9.17) is 0 Å². The molecule has 0 aromatic heterocycles. The van der Waals surface area contributed by atoms with Gasteiger partial charge in [-0.3, -0.25) is 4.79 Å². The van der Waals surface area contributed by atoms with E-state index < -0.39 is 0 Å². The minimum atomic E-state index is 0.325. The predicted molar refractivity (Wildman–Crippen MR) is 67.4 cm³/mol. The number of amides is 1. The van der Waals surface area contributed by atoms with Gasteiger partial charge in [0.05, 0.1) is 0 Å². The molecule has 1 saturated heterocycles. The van der Waals surface area contributed by atoms with E-state index in [9.17, 15) is 4.79 Å². The molecule has 1 aliphatic rings. The molecule has 0 aliphatic carbocycles. The average molecular weight is 226 g/mol. The van der Waals surface area contributed by atoms with E-state index in [1.165, 1.54) is 12.8 Å². The Morgan fingerprint density at radius 1 is 1.50 bits per heavy atom. The molecule has 1 N–H and O–H groups in total. The number of hydrogen-bond acceptors (Lipinski definition) is 2. The van der Waals surface area contributed by atoms with E-state index in [0.29, 0.717) is 24.3 Å². The average Bonchev–Trinajstić information content (AvgIpc) is 2.68. The molecule has 3 nitrogen and oxygen atoms in total. The molecule has 1 fully saturated rings. The van der Waals surface area contributed by atoms with Gasteiger partial charge in [-0.05, 0) is 31.7 Å². The monoisotopic (exact) mass is 226 g/mol. The molecule has 0 spiro atoms. The van der Waals surface area contributed by atoms with Crippen LogP contribution in [0.4, 0.5) is 0 Å². The zero-order valence-corrected chi connectivity index (χ0v) is 11.0. The van der Waals surface area contributed by atoms with Crippen LogP contribution < -0.4 is 5.32 Å². The van der Waals surface area contributed by atoms with Crippen molar-refractivity contribution in [3.05, 3.63) is 0 Å². The van der Waals surface area contributed by atoms with Crippen LogP contribution in [-0.4, -0.2) is 36.5 Å². The summed E-state index contributed by atoms with van der Waals surface area (Å²) in [5.74, 6) is 0.786. The standard InChI is InChI=1S/C13H26N2O/c1-4-8-15(13(16)9-11(2)3)10-12-6-5-7-14-12/h11-12,14H,4-10H2,1-3H3. The fourth-order valence-electron chi connectivity index (χ4n) is 2.24. The first kappa shape index (κ1) is 13.5. The first-order chi connectivity index (χ1) is 7.63. The molecule has 1 atom stereocenters. The summed E-state index contributed by atoms with van der Waals surface area (Å²) in [4.78, 5) is 14.1. The Balaban J connectivity index is 2.41. The first-order valence-corrected chi connectivity index (χ1v) is 6.64. The third-order valence-corrected chi connectivity index (χ3v) is 3.03. The first-order valence-electron chi connectivity index (χ1n) is 6.64. The van der Waals surface area contributed by atoms with Gasteiger partial charge < -0.3 is 10.2 Å². The van der Waals surface area contributed by atoms with Crippen molar-refractivity contribution in [3.63, 3.8) is 0 Å². The SMILES string of the molecule is CCCN(CC1CCCN1)C(=O)CC(C)C. The van der Waals surface area contributed by atoms with Crippen LogP contribution in [0.2, 0.25) is 0 Å². The lowest BCUT2D eigenvalue weighted by Gasteiger charge is -2.26. The van der Waals surface area contributed by atoms with Crippen LogP contribution >= 0.6 is 0 Å². The second-order valence-electron chi connectivity index (χ2n) is 5.23. The van der Waals surface area contributed by atoms with E-state index in [1.54, 1.807) is 0 Å². The summed E-state index contributed by atoms with van der Waals surface area (Å²) in [7, 11) is 0. The van der Waals surface area contributed by atoms with Crippen molar-refractivity contribution in [2.24, 2.45) is 5.92 Å². The van der Waals surface area contributed by atoms with Crippen LogP contribution in [0.5, 0.6) is 0 Å². The quantitative estimate of drug-likeness (QED) is 0.751. The van der Waals surface area contributed by atoms with Gasteiger partial charge in [0.15, 0.2) is 0 Å². The van der Waals surface area contributed by atoms with Gasteiger partial charge >= 0.3 is 0 Å². The highest BCUT2D eigenvalue weighted by atomic mass is 16.2. The lowest BCUT2D eigenvalue weighted by molar-refractivity contribution is -0.132. The van der Waals surface area contributed by atoms with Gasteiger partial charge in [-0.1, -0.05) is 20.8 Å². The molecule has 0 saturated carbocycles. The zero-order chi connectivity index (χ0) is 12.0. The Morgan fingerprint density at radius 3 is 2.75 bits per heavy atom. The topological polar surface area (TPSA) is 32.3 Å². The van der Waals surface area contributed by atoms with Crippen molar-refractivity contribution in [2.75, 3.05) is 19.6 Å². The summed E-state index contributed by atoms with van der Waals surface area (Å²) in [5, 5.41) is 3.46. The number of carbonyl (C=O) groups excluding carboxylic acids is 1. The van der Waals surface area contributed by atoms with Crippen molar-refractivity contribution < 1.29 is 4.79 Å². The number of rotatable bonds is 6. The fraction of sp³-hybridized carbons (Fsp3) is 0.923. The van der Waals surface area contributed by atoms with Crippen molar-refractivity contribution in [1.29, 1.82) is 0 Å². The van der Waals surface area contributed by atoms with E-state index in [-0.39, 0.29) is 0 Å².